The molecule has 2 saturated heterocycles. The first-order chi connectivity index (χ1) is 12.2. The number of hydrogen-bond acceptors (Lipinski definition) is 2. The second-order valence-electron chi connectivity index (χ2n) is 7.94. The van der Waals surface area contributed by atoms with E-state index in [1.165, 1.54) is 17.7 Å². The molecule has 2 unspecified atom stereocenters. The zero-order valence-corrected chi connectivity index (χ0v) is 14.7. The van der Waals surface area contributed by atoms with Gasteiger partial charge in [0.25, 0.3) is 5.91 Å². The highest BCUT2D eigenvalue weighted by atomic mass is 16.2. The van der Waals surface area contributed by atoms with E-state index in [4.69, 9.17) is 0 Å². The minimum absolute atomic E-state index is 0.135. The Balaban J connectivity index is 1.26. The first kappa shape index (κ1) is 16.6. The molecular formula is C20H28N3O2+. The number of benzene rings is 1. The predicted molar refractivity (Wildman–Crippen MR) is 94.8 cm³/mol. The van der Waals surface area contributed by atoms with Gasteiger partial charge >= 0.3 is 0 Å². The van der Waals surface area contributed by atoms with Crippen LogP contribution in [0.15, 0.2) is 30.3 Å². The van der Waals surface area contributed by atoms with Crippen LogP contribution in [0.3, 0.4) is 0 Å². The summed E-state index contributed by atoms with van der Waals surface area (Å²) in [6.07, 6.45) is 6.53. The summed E-state index contributed by atoms with van der Waals surface area (Å²) in [6.45, 7) is 1.16. The Bertz CT molecular complexity index is 615. The molecule has 4 rings (SSSR count). The van der Waals surface area contributed by atoms with Crippen LogP contribution in [0.4, 0.5) is 0 Å². The molecule has 3 fully saturated rings. The lowest BCUT2D eigenvalue weighted by molar-refractivity contribution is -0.934. The van der Waals surface area contributed by atoms with E-state index < -0.39 is 0 Å². The minimum atomic E-state index is 0.135. The first-order valence-electron chi connectivity index (χ1n) is 9.65. The van der Waals surface area contributed by atoms with E-state index in [1.54, 1.807) is 0 Å². The molecule has 5 nitrogen and oxygen atoms in total. The Morgan fingerprint density at radius 2 is 1.68 bits per heavy atom. The average molecular weight is 342 g/mol. The van der Waals surface area contributed by atoms with Gasteiger partial charge in [0.1, 0.15) is 0 Å². The summed E-state index contributed by atoms with van der Waals surface area (Å²) in [5.41, 5.74) is 1.13. The SMILES string of the molecule is O=C(C[NH+]1[C@@H]2CC[C@H]1CC(NC(=O)C1CC1)C2)NCc1ccccc1. The third-order valence-electron chi connectivity index (χ3n) is 6.04. The van der Waals surface area contributed by atoms with Crippen molar-refractivity contribution in [2.75, 3.05) is 6.54 Å². The molecule has 1 aromatic carbocycles. The number of nitrogens with one attached hydrogen (secondary N) is 3. The number of rotatable bonds is 6. The first-order valence-corrected chi connectivity index (χ1v) is 9.65. The molecule has 1 saturated carbocycles. The molecule has 3 N–H and O–H groups in total. The van der Waals surface area contributed by atoms with Gasteiger partial charge in [-0.05, 0) is 18.4 Å². The number of fused-ring (bicyclic) bond motifs is 2. The molecule has 1 aliphatic carbocycles. The van der Waals surface area contributed by atoms with Crippen LogP contribution in [-0.4, -0.2) is 36.5 Å². The van der Waals surface area contributed by atoms with Crippen LogP contribution in [0.1, 0.15) is 44.1 Å². The summed E-state index contributed by atoms with van der Waals surface area (Å²) < 4.78 is 0. The van der Waals surface area contributed by atoms with Crippen molar-refractivity contribution in [1.29, 1.82) is 0 Å². The summed E-state index contributed by atoms with van der Waals surface area (Å²) in [5.74, 6) is 0.677. The van der Waals surface area contributed by atoms with Crippen molar-refractivity contribution in [2.45, 2.75) is 63.2 Å². The zero-order valence-electron chi connectivity index (χ0n) is 14.7. The lowest BCUT2D eigenvalue weighted by atomic mass is 9.97. The monoisotopic (exact) mass is 342 g/mol. The van der Waals surface area contributed by atoms with E-state index in [0.717, 1.165) is 31.2 Å². The van der Waals surface area contributed by atoms with Crippen molar-refractivity contribution >= 4 is 11.8 Å². The molecule has 25 heavy (non-hydrogen) atoms. The number of carbonyl (C=O) groups excluding carboxylic acids is 2. The van der Waals surface area contributed by atoms with Gasteiger partial charge in [-0.1, -0.05) is 30.3 Å². The summed E-state index contributed by atoms with van der Waals surface area (Å²) in [4.78, 5) is 25.8. The highest BCUT2D eigenvalue weighted by Crippen LogP contribution is 2.30. The molecule has 4 atom stereocenters. The van der Waals surface area contributed by atoms with Crippen LogP contribution in [0.2, 0.25) is 0 Å². The van der Waals surface area contributed by atoms with Crippen LogP contribution in [-0.2, 0) is 16.1 Å². The fourth-order valence-electron chi connectivity index (χ4n) is 4.54. The smallest absolute Gasteiger partial charge is 0.275 e. The van der Waals surface area contributed by atoms with E-state index in [-0.39, 0.29) is 17.7 Å². The highest BCUT2D eigenvalue weighted by molar-refractivity contribution is 5.81. The van der Waals surface area contributed by atoms with Crippen molar-refractivity contribution in [2.24, 2.45) is 5.92 Å². The number of carbonyl (C=O) groups is 2. The molecule has 2 bridgehead atoms. The fraction of sp³-hybridized carbons (Fsp3) is 0.600. The number of amides is 2. The zero-order chi connectivity index (χ0) is 17.2. The van der Waals surface area contributed by atoms with E-state index in [9.17, 15) is 9.59 Å². The van der Waals surface area contributed by atoms with Gasteiger partial charge in [0.15, 0.2) is 6.54 Å². The number of hydrogen-bond donors (Lipinski definition) is 3. The third kappa shape index (κ3) is 4.03. The Kier molecular flexibility index (Phi) is 4.75. The summed E-state index contributed by atoms with van der Waals surface area (Å²) >= 11 is 0. The average Bonchev–Trinajstić information content (AvgIpc) is 3.43. The third-order valence-corrected chi connectivity index (χ3v) is 6.04. The fourth-order valence-corrected chi connectivity index (χ4v) is 4.54. The lowest BCUT2D eigenvalue weighted by Crippen LogP contribution is -3.19. The van der Waals surface area contributed by atoms with Crippen molar-refractivity contribution in [3.05, 3.63) is 35.9 Å². The van der Waals surface area contributed by atoms with Gasteiger partial charge in [-0.3, -0.25) is 9.59 Å². The number of piperidine rings is 1. The maximum absolute atomic E-state index is 12.4. The summed E-state index contributed by atoms with van der Waals surface area (Å²) in [6, 6.07) is 11.4. The van der Waals surface area contributed by atoms with Crippen LogP contribution in [0.25, 0.3) is 0 Å². The Hall–Kier alpha value is -1.88. The molecule has 5 heteroatoms. The largest absolute Gasteiger partial charge is 0.353 e. The molecule has 3 aliphatic rings. The van der Waals surface area contributed by atoms with Crippen LogP contribution in [0, 0.1) is 5.92 Å². The van der Waals surface area contributed by atoms with Crippen LogP contribution < -0.4 is 15.5 Å². The Labute approximate surface area is 149 Å². The molecular weight excluding hydrogens is 314 g/mol. The topological polar surface area (TPSA) is 62.6 Å². The lowest BCUT2D eigenvalue weighted by Gasteiger charge is -2.36. The minimum Gasteiger partial charge on any atom is -0.353 e. The van der Waals surface area contributed by atoms with Crippen molar-refractivity contribution in [1.82, 2.24) is 10.6 Å². The Morgan fingerprint density at radius 3 is 2.32 bits per heavy atom. The van der Waals surface area contributed by atoms with Gasteiger partial charge < -0.3 is 15.5 Å². The molecule has 2 amide bonds. The van der Waals surface area contributed by atoms with Crippen molar-refractivity contribution in [3.63, 3.8) is 0 Å². The number of quaternary nitrogens is 1. The van der Waals surface area contributed by atoms with Gasteiger partial charge in [-0.25, -0.2) is 0 Å². The molecule has 2 aliphatic heterocycles. The van der Waals surface area contributed by atoms with Gasteiger partial charge in [-0.15, -0.1) is 0 Å². The van der Waals surface area contributed by atoms with E-state index in [1.807, 2.05) is 30.3 Å². The van der Waals surface area contributed by atoms with Crippen molar-refractivity contribution in [3.8, 4) is 0 Å². The highest BCUT2D eigenvalue weighted by Gasteiger charge is 2.46. The standard InChI is InChI=1S/C20H27N3O2/c24-19(21-12-14-4-2-1-3-5-14)13-23-17-8-9-18(23)11-16(10-17)22-20(25)15-6-7-15/h1-5,15-18H,6-13H2,(H,21,24)(H,22,25)/p+1/t16?,17-,18+. The van der Waals surface area contributed by atoms with Crippen LogP contribution >= 0.6 is 0 Å². The molecule has 134 valence electrons. The Morgan fingerprint density at radius 1 is 1.00 bits per heavy atom. The normalized spacial score (nSPS) is 30.7. The molecule has 1 aromatic rings. The van der Waals surface area contributed by atoms with Gasteiger partial charge in [-0.2, -0.15) is 0 Å². The maximum Gasteiger partial charge on any atom is 0.275 e. The van der Waals surface area contributed by atoms with Gasteiger partial charge in [0.2, 0.25) is 5.91 Å². The quantitative estimate of drug-likeness (QED) is 0.701. The van der Waals surface area contributed by atoms with E-state index >= 15 is 0 Å². The summed E-state index contributed by atoms with van der Waals surface area (Å²) in [7, 11) is 0. The maximum atomic E-state index is 12.4. The predicted octanol–water partition coefficient (Wildman–Crippen LogP) is 0.407. The van der Waals surface area contributed by atoms with E-state index in [2.05, 4.69) is 10.6 Å². The molecule has 0 radical (unpaired) electrons. The van der Waals surface area contributed by atoms with Gasteiger partial charge in [0, 0.05) is 44.2 Å². The van der Waals surface area contributed by atoms with Crippen LogP contribution in [0.5, 0.6) is 0 Å². The second-order valence-corrected chi connectivity index (χ2v) is 7.94. The second kappa shape index (κ2) is 7.16. The van der Waals surface area contributed by atoms with E-state index in [0.29, 0.717) is 31.2 Å². The van der Waals surface area contributed by atoms with Gasteiger partial charge in [0.05, 0.1) is 12.1 Å². The molecule has 0 spiro atoms. The molecule has 2 heterocycles. The summed E-state index contributed by atoms with van der Waals surface area (Å²) in [5, 5.41) is 6.30. The van der Waals surface area contributed by atoms with Crippen molar-refractivity contribution < 1.29 is 14.5 Å². The molecule has 0 aromatic heterocycles.